The van der Waals surface area contributed by atoms with Gasteiger partial charge in [0.15, 0.2) is 11.6 Å². The molecule has 2 aliphatic heterocycles. The van der Waals surface area contributed by atoms with Gasteiger partial charge in [-0.05, 0) is 65.5 Å². The summed E-state index contributed by atoms with van der Waals surface area (Å²) in [5.41, 5.74) is 1.24. The monoisotopic (exact) mass is 567 g/mol. The molecule has 3 N–H and O–H groups in total. The van der Waals surface area contributed by atoms with Crippen LogP contribution in [0.3, 0.4) is 0 Å². The largest absolute Gasteiger partial charge is 0.397 e. The van der Waals surface area contributed by atoms with Crippen LogP contribution in [0.1, 0.15) is 76.6 Å². The molecule has 1 aromatic rings. The van der Waals surface area contributed by atoms with Crippen LogP contribution >= 0.6 is 0 Å². The first-order chi connectivity index (χ1) is 17.0. The molecular formula is C22H33NO12S2. The van der Waals surface area contributed by atoms with E-state index >= 15 is 0 Å². The van der Waals surface area contributed by atoms with Gasteiger partial charge in [-0.3, -0.25) is 9.11 Å². The number of fused-ring (bicyclic) bond motifs is 2. The lowest BCUT2D eigenvalue weighted by molar-refractivity contribution is -0.152. The molecule has 4 aliphatic rings. The van der Waals surface area contributed by atoms with Crippen LogP contribution in [-0.4, -0.2) is 79.1 Å². The van der Waals surface area contributed by atoms with Crippen molar-refractivity contribution in [2.75, 3.05) is 0 Å². The number of ether oxygens (including phenoxy) is 4. The fourth-order valence-electron chi connectivity index (χ4n) is 6.26. The second kappa shape index (κ2) is 9.21. The van der Waals surface area contributed by atoms with E-state index in [1.54, 1.807) is 39.8 Å². The third-order valence-electron chi connectivity index (χ3n) is 7.40. The number of rotatable bonds is 6. The van der Waals surface area contributed by atoms with E-state index in [4.69, 9.17) is 27.3 Å². The Bertz CT molecular complexity index is 1130. The molecule has 8 atom stereocenters. The highest BCUT2D eigenvalue weighted by atomic mass is 32.3. The van der Waals surface area contributed by atoms with E-state index < -0.39 is 80.8 Å². The molecule has 0 aromatic carbocycles. The molecular weight excluding hydrogens is 534 g/mol. The van der Waals surface area contributed by atoms with Crippen molar-refractivity contribution in [1.29, 1.82) is 0 Å². The van der Waals surface area contributed by atoms with Gasteiger partial charge in [-0.25, -0.2) is 8.37 Å². The summed E-state index contributed by atoms with van der Waals surface area (Å²) in [4.78, 5) is 3.28. The number of hydrogen-bond donors (Lipinski definition) is 3. The Morgan fingerprint density at radius 3 is 1.46 bits per heavy atom. The molecule has 2 aliphatic carbocycles. The minimum atomic E-state index is -4.80. The average molecular weight is 568 g/mol. The summed E-state index contributed by atoms with van der Waals surface area (Å²) in [6, 6.07) is 3.52. The summed E-state index contributed by atoms with van der Waals surface area (Å²) in [7, 11) is -9.60. The van der Waals surface area contributed by atoms with Gasteiger partial charge < -0.3 is 23.9 Å². The molecule has 0 bridgehead atoms. The SMILES string of the molecule is CC1(C)O[C@H]2[C@H](OS(=O)(=O)O)[C@@H](c3ccc([C@H]4CC[C@H]5OC(C)(C)O[C@H]5[C@@H]4OS(=O)(=O)O)[nH]3)CC[C@H]2O1. The van der Waals surface area contributed by atoms with Gasteiger partial charge in [-0.2, -0.15) is 16.8 Å². The molecule has 13 nitrogen and oxygen atoms in total. The maximum Gasteiger partial charge on any atom is 0.397 e. The minimum absolute atomic E-state index is 0.405. The Labute approximate surface area is 216 Å². The lowest BCUT2D eigenvalue weighted by Crippen LogP contribution is -2.47. The molecule has 4 fully saturated rings. The van der Waals surface area contributed by atoms with E-state index in [1.165, 1.54) is 0 Å². The maximum absolute atomic E-state index is 11.7. The highest BCUT2D eigenvalue weighted by Crippen LogP contribution is 2.47. The van der Waals surface area contributed by atoms with Crippen LogP contribution in [0, 0.1) is 0 Å². The molecule has 5 rings (SSSR count). The zero-order chi connectivity index (χ0) is 27.0. The second-order valence-electron chi connectivity index (χ2n) is 11.0. The van der Waals surface area contributed by atoms with E-state index in [0.29, 0.717) is 37.1 Å². The Hall–Kier alpha value is -1.14. The summed E-state index contributed by atoms with van der Waals surface area (Å²) in [6.07, 6.45) is -2.31. The van der Waals surface area contributed by atoms with E-state index in [9.17, 15) is 25.9 Å². The van der Waals surface area contributed by atoms with Crippen molar-refractivity contribution < 1.29 is 53.3 Å². The van der Waals surface area contributed by atoms with Crippen LogP contribution in [0.25, 0.3) is 0 Å². The standard InChI is InChI=1S/C22H33NO12S2/c1-21(2)30-15-9-5-11(17(19(15)32-21)34-36(24,25)26)13-7-8-14(23-13)12-6-10-16-20(33-22(3,4)31-16)18(12)35-37(27,28)29/h7-8,11-12,15-20,23H,5-6,9-10H2,1-4H3,(H,24,25,26)(H,27,28,29)/t11-,12-,15-,16-,17-,18-,19-,20-/m1/s1. The maximum atomic E-state index is 11.7. The summed E-state index contributed by atoms with van der Waals surface area (Å²) in [5.74, 6) is -2.89. The summed E-state index contributed by atoms with van der Waals surface area (Å²) >= 11 is 0. The first-order valence-electron chi connectivity index (χ1n) is 12.2. The van der Waals surface area contributed by atoms with Crippen molar-refractivity contribution in [2.24, 2.45) is 0 Å². The molecule has 3 heterocycles. The number of aromatic amines is 1. The zero-order valence-electron chi connectivity index (χ0n) is 20.9. The predicted molar refractivity (Wildman–Crippen MR) is 125 cm³/mol. The van der Waals surface area contributed by atoms with Crippen LogP contribution in [0.2, 0.25) is 0 Å². The highest BCUT2D eigenvalue weighted by molar-refractivity contribution is 7.81. The molecule has 0 unspecified atom stereocenters. The summed E-state index contributed by atoms with van der Waals surface area (Å²) < 4.78 is 99.7. The molecule has 0 radical (unpaired) electrons. The van der Waals surface area contributed by atoms with Crippen molar-refractivity contribution in [1.82, 2.24) is 4.98 Å². The Morgan fingerprint density at radius 2 is 1.11 bits per heavy atom. The molecule has 0 spiro atoms. The van der Waals surface area contributed by atoms with Gasteiger partial charge in [0, 0.05) is 23.2 Å². The molecule has 210 valence electrons. The highest BCUT2D eigenvalue weighted by Gasteiger charge is 2.54. The van der Waals surface area contributed by atoms with E-state index in [2.05, 4.69) is 4.98 Å². The first kappa shape index (κ1) is 27.4. The molecule has 0 amide bonds. The van der Waals surface area contributed by atoms with Gasteiger partial charge in [-0.1, -0.05) is 0 Å². The Balaban J connectivity index is 1.44. The molecule has 2 saturated heterocycles. The van der Waals surface area contributed by atoms with Crippen LogP contribution in [0.5, 0.6) is 0 Å². The van der Waals surface area contributed by atoms with Gasteiger partial charge in [0.05, 0.1) is 12.2 Å². The second-order valence-corrected chi connectivity index (χ2v) is 13.1. The number of nitrogens with one attached hydrogen (secondary N) is 1. The fraction of sp³-hybridized carbons (Fsp3) is 0.818. The van der Waals surface area contributed by atoms with E-state index in [-0.39, 0.29) is 0 Å². The number of hydrogen-bond acceptors (Lipinski definition) is 10. The van der Waals surface area contributed by atoms with Gasteiger partial charge >= 0.3 is 20.8 Å². The van der Waals surface area contributed by atoms with Crippen LogP contribution < -0.4 is 0 Å². The van der Waals surface area contributed by atoms with Crippen molar-refractivity contribution >= 4 is 20.8 Å². The summed E-state index contributed by atoms with van der Waals surface area (Å²) in [6.45, 7) is 6.89. The molecule has 37 heavy (non-hydrogen) atoms. The predicted octanol–water partition coefficient (Wildman–Crippen LogP) is 2.19. The van der Waals surface area contributed by atoms with Crippen LogP contribution in [-0.2, 0) is 48.1 Å². The third kappa shape index (κ3) is 5.90. The molecule has 2 saturated carbocycles. The fourth-order valence-corrected chi connectivity index (χ4v) is 7.30. The Morgan fingerprint density at radius 1 is 0.730 bits per heavy atom. The average Bonchev–Trinajstić information content (AvgIpc) is 3.40. The minimum Gasteiger partial charge on any atom is -0.362 e. The smallest absolute Gasteiger partial charge is 0.362 e. The van der Waals surface area contributed by atoms with Crippen molar-refractivity contribution in [3.05, 3.63) is 23.5 Å². The quantitative estimate of drug-likeness (QED) is 0.427. The lowest BCUT2D eigenvalue weighted by atomic mass is 9.81. The zero-order valence-corrected chi connectivity index (χ0v) is 22.5. The lowest BCUT2D eigenvalue weighted by Gasteiger charge is -2.37. The van der Waals surface area contributed by atoms with Crippen molar-refractivity contribution in [2.45, 2.75) is 113 Å². The van der Waals surface area contributed by atoms with E-state index in [0.717, 1.165) is 0 Å². The van der Waals surface area contributed by atoms with Crippen molar-refractivity contribution in [3.8, 4) is 0 Å². The van der Waals surface area contributed by atoms with Crippen LogP contribution in [0.4, 0.5) is 0 Å². The third-order valence-corrected chi connectivity index (χ3v) is 8.33. The van der Waals surface area contributed by atoms with Crippen LogP contribution in [0.15, 0.2) is 12.1 Å². The van der Waals surface area contributed by atoms with Gasteiger partial charge in [0.25, 0.3) is 0 Å². The van der Waals surface area contributed by atoms with Gasteiger partial charge in [0.2, 0.25) is 0 Å². The van der Waals surface area contributed by atoms with E-state index in [1.807, 2.05) is 0 Å². The van der Waals surface area contributed by atoms with Crippen molar-refractivity contribution in [3.63, 3.8) is 0 Å². The number of H-pyrrole nitrogens is 1. The number of aromatic nitrogens is 1. The normalized spacial score (nSPS) is 39.3. The Kier molecular flexibility index (Phi) is 6.83. The molecule has 15 heteroatoms. The summed E-state index contributed by atoms with van der Waals surface area (Å²) in [5, 5.41) is 0. The first-order valence-corrected chi connectivity index (χ1v) is 14.9. The van der Waals surface area contributed by atoms with Gasteiger partial charge in [0.1, 0.15) is 24.4 Å². The topological polar surface area (TPSA) is 180 Å². The van der Waals surface area contributed by atoms with Gasteiger partial charge in [-0.15, -0.1) is 0 Å². The molecule has 1 aromatic heterocycles.